The van der Waals surface area contributed by atoms with Gasteiger partial charge in [-0.25, -0.2) is 0 Å². The van der Waals surface area contributed by atoms with E-state index < -0.39 is 0 Å². The largest absolute Gasteiger partial charge is 0.384 e. The Hall–Kier alpha value is -3.32. The lowest BCUT2D eigenvalue weighted by Gasteiger charge is -2.15. The highest BCUT2D eigenvalue weighted by molar-refractivity contribution is 6.10. The number of ketones is 1. The van der Waals surface area contributed by atoms with Crippen LogP contribution in [0.3, 0.4) is 0 Å². The van der Waals surface area contributed by atoms with E-state index in [1.165, 1.54) is 0 Å². The van der Waals surface area contributed by atoms with Gasteiger partial charge in [0.25, 0.3) is 0 Å². The number of ether oxygens (including phenoxy) is 1. The molecule has 7 heteroatoms. The molecule has 1 aliphatic heterocycles. The molecule has 3 heterocycles. The summed E-state index contributed by atoms with van der Waals surface area (Å²) in [6, 6.07) is 12.0. The number of fused-ring (bicyclic) bond motifs is 1. The zero-order valence-electron chi connectivity index (χ0n) is 17.2. The topological polar surface area (TPSA) is 81.4 Å². The van der Waals surface area contributed by atoms with E-state index in [9.17, 15) is 4.79 Å². The van der Waals surface area contributed by atoms with Crippen LogP contribution in [0.4, 0.5) is 5.69 Å². The summed E-state index contributed by atoms with van der Waals surface area (Å²) in [6.07, 6.45) is 6.19. The van der Waals surface area contributed by atoms with E-state index >= 15 is 0 Å². The second kappa shape index (κ2) is 9.00. The van der Waals surface area contributed by atoms with Crippen LogP contribution in [0.15, 0.2) is 60.0 Å². The second-order valence-electron chi connectivity index (χ2n) is 7.51. The van der Waals surface area contributed by atoms with E-state index in [1.54, 1.807) is 24.2 Å². The van der Waals surface area contributed by atoms with Crippen molar-refractivity contribution in [1.82, 2.24) is 14.8 Å². The highest BCUT2D eigenvalue weighted by atomic mass is 16.5. The zero-order valence-corrected chi connectivity index (χ0v) is 17.2. The van der Waals surface area contributed by atoms with Crippen molar-refractivity contribution in [3.63, 3.8) is 0 Å². The number of rotatable bonds is 8. The van der Waals surface area contributed by atoms with Gasteiger partial charge in [-0.2, -0.15) is 5.10 Å². The Labute approximate surface area is 175 Å². The maximum Gasteiger partial charge on any atom is 0.139 e. The Morgan fingerprint density at radius 2 is 2.10 bits per heavy atom. The fourth-order valence-corrected chi connectivity index (χ4v) is 3.71. The first-order chi connectivity index (χ1) is 14.6. The van der Waals surface area contributed by atoms with Crippen LogP contribution in [0.2, 0.25) is 0 Å². The molecule has 0 saturated carbocycles. The maximum absolute atomic E-state index is 12.7. The molecule has 7 nitrogen and oxygen atoms in total. The molecule has 0 amide bonds. The first-order valence-corrected chi connectivity index (χ1v) is 9.96. The van der Waals surface area contributed by atoms with Gasteiger partial charge in [0, 0.05) is 56.6 Å². The number of methoxy groups -OCH3 is 1. The van der Waals surface area contributed by atoms with Gasteiger partial charge in [-0.1, -0.05) is 30.3 Å². The first-order valence-electron chi connectivity index (χ1n) is 9.96. The number of amidine groups is 1. The number of nitrogens with zero attached hydrogens (tertiary/aromatic N) is 4. The van der Waals surface area contributed by atoms with Crippen molar-refractivity contribution in [2.24, 2.45) is 12.0 Å². The van der Waals surface area contributed by atoms with Crippen molar-refractivity contribution in [3.8, 4) is 0 Å². The van der Waals surface area contributed by atoms with Crippen molar-refractivity contribution in [3.05, 3.63) is 77.4 Å². The smallest absolute Gasteiger partial charge is 0.139 e. The minimum Gasteiger partial charge on any atom is -0.384 e. The van der Waals surface area contributed by atoms with Crippen LogP contribution in [0.1, 0.15) is 34.7 Å². The minimum atomic E-state index is 0.0525. The number of nitrogens with one attached hydrogen (secondary N) is 1. The van der Waals surface area contributed by atoms with Gasteiger partial charge >= 0.3 is 0 Å². The fraction of sp³-hybridized carbons (Fsp3) is 0.304. The molecule has 0 bridgehead atoms. The highest BCUT2D eigenvalue weighted by Gasteiger charge is 2.20. The van der Waals surface area contributed by atoms with E-state index in [4.69, 9.17) is 4.74 Å². The van der Waals surface area contributed by atoms with Crippen LogP contribution in [0.5, 0.6) is 0 Å². The Bertz CT molecular complexity index is 1060. The van der Waals surface area contributed by atoms with Crippen LogP contribution in [0, 0.1) is 0 Å². The second-order valence-corrected chi connectivity index (χ2v) is 7.51. The van der Waals surface area contributed by atoms with Crippen LogP contribution in [0.25, 0.3) is 0 Å². The lowest BCUT2D eigenvalue weighted by molar-refractivity contribution is -0.119. The SMILES string of the molecule is COC[C@@H](CC(=O)Cc1cc2c(cn1)C(Nc1cnn(C)c1)=NC2)c1ccccc1. The van der Waals surface area contributed by atoms with E-state index in [2.05, 4.69) is 20.4 Å². The van der Waals surface area contributed by atoms with Gasteiger partial charge < -0.3 is 10.1 Å². The number of benzene rings is 1. The van der Waals surface area contributed by atoms with Crippen molar-refractivity contribution < 1.29 is 9.53 Å². The van der Waals surface area contributed by atoms with Gasteiger partial charge in [-0.3, -0.25) is 19.5 Å². The summed E-state index contributed by atoms with van der Waals surface area (Å²) in [5.41, 5.74) is 4.83. The molecule has 0 radical (unpaired) electrons. The molecular formula is C23H25N5O2. The number of anilines is 1. The summed E-state index contributed by atoms with van der Waals surface area (Å²) in [4.78, 5) is 21.8. The number of aryl methyl sites for hydroxylation is 1. The van der Waals surface area contributed by atoms with Crippen molar-refractivity contribution >= 4 is 17.3 Å². The molecule has 0 unspecified atom stereocenters. The third-order valence-electron chi connectivity index (χ3n) is 5.17. The van der Waals surface area contributed by atoms with E-state index in [1.807, 2.05) is 49.6 Å². The standard InChI is InChI=1S/C23H25N5O2/c1-28-14-20(12-26-28)27-23-22-13-24-19(8-17(22)11-25-23)10-21(29)9-18(15-30-2)16-6-4-3-5-7-16/h3-8,12-14,18H,9-11,15H2,1-2H3,(H,25,27)/t18-/m1/s1. The molecule has 2 aromatic heterocycles. The molecule has 0 fully saturated rings. The number of carbonyl (C=O) groups is 1. The summed E-state index contributed by atoms with van der Waals surface area (Å²) < 4.78 is 7.07. The quantitative estimate of drug-likeness (QED) is 0.625. The van der Waals surface area contributed by atoms with Crippen molar-refractivity contribution in [2.45, 2.75) is 25.3 Å². The van der Waals surface area contributed by atoms with Gasteiger partial charge in [0.15, 0.2) is 0 Å². The van der Waals surface area contributed by atoms with Crippen LogP contribution in [-0.2, 0) is 29.5 Å². The number of aromatic nitrogens is 3. The number of hydrogen-bond acceptors (Lipinski definition) is 6. The molecule has 1 aliphatic rings. The lowest BCUT2D eigenvalue weighted by Crippen LogP contribution is -2.15. The summed E-state index contributed by atoms with van der Waals surface area (Å²) in [6.45, 7) is 1.10. The van der Waals surface area contributed by atoms with Gasteiger partial charge in [0.1, 0.15) is 11.6 Å². The van der Waals surface area contributed by atoms with Gasteiger partial charge in [-0.15, -0.1) is 0 Å². The number of aliphatic imine (C=N–C) groups is 1. The predicted octanol–water partition coefficient (Wildman–Crippen LogP) is 3.12. The van der Waals surface area contributed by atoms with Crippen LogP contribution >= 0.6 is 0 Å². The number of pyridine rings is 1. The zero-order chi connectivity index (χ0) is 20.9. The maximum atomic E-state index is 12.7. The lowest BCUT2D eigenvalue weighted by atomic mass is 9.93. The Morgan fingerprint density at radius 1 is 1.27 bits per heavy atom. The summed E-state index contributed by atoms with van der Waals surface area (Å²) in [7, 11) is 3.54. The first kappa shape index (κ1) is 20.0. The monoisotopic (exact) mass is 403 g/mol. The Morgan fingerprint density at radius 3 is 2.83 bits per heavy atom. The van der Waals surface area contributed by atoms with Crippen molar-refractivity contribution in [1.29, 1.82) is 0 Å². The Balaban J connectivity index is 1.40. The molecule has 4 rings (SSSR count). The average Bonchev–Trinajstić information content (AvgIpc) is 3.34. The summed E-state index contributed by atoms with van der Waals surface area (Å²) in [5, 5.41) is 7.44. The minimum absolute atomic E-state index is 0.0525. The molecule has 0 aliphatic carbocycles. The third kappa shape index (κ3) is 4.63. The number of carbonyl (C=O) groups excluding carboxylic acids is 1. The summed E-state index contributed by atoms with van der Waals surface area (Å²) >= 11 is 0. The fourth-order valence-electron chi connectivity index (χ4n) is 3.71. The highest BCUT2D eigenvalue weighted by Crippen LogP contribution is 2.23. The van der Waals surface area contributed by atoms with E-state index in [0.717, 1.165) is 33.9 Å². The normalized spacial score (nSPS) is 13.6. The number of hydrogen-bond donors (Lipinski definition) is 1. The van der Waals surface area contributed by atoms with Gasteiger partial charge in [0.2, 0.25) is 0 Å². The molecule has 1 atom stereocenters. The van der Waals surface area contributed by atoms with E-state index in [-0.39, 0.29) is 11.7 Å². The molecule has 0 spiro atoms. The molecule has 30 heavy (non-hydrogen) atoms. The number of Topliss-reactive ketones (excluding diaryl/α,β-unsaturated/α-hetero) is 1. The van der Waals surface area contributed by atoms with Crippen molar-refractivity contribution in [2.75, 3.05) is 19.0 Å². The predicted molar refractivity (Wildman–Crippen MR) is 116 cm³/mol. The van der Waals surface area contributed by atoms with Gasteiger partial charge in [0.05, 0.1) is 25.0 Å². The Kier molecular flexibility index (Phi) is 5.99. The molecular weight excluding hydrogens is 378 g/mol. The van der Waals surface area contributed by atoms with Gasteiger partial charge in [-0.05, 0) is 17.2 Å². The molecule has 1 N–H and O–H groups in total. The summed E-state index contributed by atoms with van der Waals surface area (Å²) in [5.74, 6) is 0.991. The molecule has 154 valence electrons. The third-order valence-corrected chi connectivity index (χ3v) is 5.17. The van der Waals surface area contributed by atoms with E-state index in [0.29, 0.717) is 26.0 Å². The van der Waals surface area contributed by atoms with Crippen LogP contribution < -0.4 is 5.32 Å². The molecule has 0 saturated heterocycles. The molecule has 3 aromatic rings. The molecule has 1 aromatic carbocycles. The average molecular weight is 403 g/mol. The van der Waals surface area contributed by atoms with Crippen LogP contribution in [-0.4, -0.2) is 40.1 Å².